The van der Waals surface area contributed by atoms with Crippen molar-refractivity contribution in [2.75, 3.05) is 0 Å². The Morgan fingerprint density at radius 1 is 1.31 bits per heavy atom. The van der Waals surface area contributed by atoms with E-state index >= 15 is 0 Å². The first-order chi connectivity index (χ1) is 5.99. The highest BCUT2D eigenvalue weighted by molar-refractivity contribution is 14.1. The van der Waals surface area contributed by atoms with Crippen molar-refractivity contribution >= 4 is 38.5 Å². The third-order valence-corrected chi connectivity index (χ3v) is 3.94. The van der Waals surface area contributed by atoms with Crippen molar-refractivity contribution in [2.24, 2.45) is 0 Å². The van der Waals surface area contributed by atoms with Crippen LogP contribution in [0.25, 0.3) is 0 Å². The molecule has 0 radical (unpaired) electrons. The van der Waals surface area contributed by atoms with Crippen molar-refractivity contribution in [3.05, 3.63) is 20.2 Å². The van der Waals surface area contributed by atoms with Crippen LogP contribution < -0.4 is 9.47 Å². The van der Waals surface area contributed by atoms with Crippen LogP contribution in [0.15, 0.2) is 16.6 Å². The molecular formula is C7H2BrF2IO2. The second kappa shape index (κ2) is 2.94. The van der Waals surface area contributed by atoms with E-state index in [0.717, 1.165) is 0 Å². The maximum absolute atomic E-state index is 12.6. The zero-order valence-electron chi connectivity index (χ0n) is 5.98. The number of halogens is 4. The van der Waals surface area contributed by atoms with E-state index in [0.29, 0.717) is 8.04 Å². The fraction of sp³-hybridized carbons (Fsp3) is 0.143. The van der Waals surface area contributed by atoms with Gasteiger partial charge in [-0.2, -0.15) is 0 Å². The maximum atomic E-state index is 12.6. The Bertz CT molecular complexity index is 370. The summed E-state index contributed by atoms with van der Waals surface area (Å²) in [6, 6.07) is 3.06. The van der Waals surface area contributed by atoms with Gasteiger partial charge < -0.3 is 9.47 Å². The summed E-state index contributed by atoms with van der Waals surface area (Å²) in [5, 5.41) is 0. The summed E-state index contributed by atoms with van der Waals surface area (Å²) in [7, 11) is 0. The van der Waals surface area contributed by atoms with Crippen molar-refractivity contribution in [3.63, 3.8) is 0 Å². The van der Waals surface area contributed by atoms with Crippen LogP contribution in [0.5, 0.6) is 11.5 Å². The van der Waals surface area contributed by atoms with Crippen LogP contribution in [-0.4, -0.2) is 6.29 Å². The van der Waals surface area contributed by atoms with Gasteiger partial charge >= 0.3 is 6.29 Å². The second-order valence-corrected chi connectivity index (χ2v) is 4.29. The molecule has 6 heteroatoms. The van der Waals surface area contributed by atoms with Crippen molar-refractivity contribution < 1.29 is 18.3 Å². The molecule has 0 N–H and O–H groups in total. The van der Waals surface area contributed by atoms with Gasteiger partial charge in [0.2, 0.25) is 0 Å². The predicted octanol–water partition coefficient (Wildman–Crippen LogP) is 3.38. The fourth-order valence-corrected chi connectivity index (χ4v) is 1.83. The Morgan fingerprint density at radius 2 is 2.00 bits per heavy atom. The first-order valence-electron chi connectivity index (χ1n) is 3.23. The van der Waals surface area contributed by atoms with Crippen LogP contribution in [0.2, 0.25) is 0 Å². The molecular weight excluding hydrogens is 361 g/mol. The molecule has 0 unspecified atom stereocenters. The zero-order chi connectivity index (χ0) is 9.64. The summed E-state index contributed by atoms with van der Waals surface area (Å²) in [6.07, 6.45) is -3.54. The minimum atomic E-state index is -3.54. The second-order valence-electron chi connectivity index (χ2n) is 2.36. The van der Waals surface area contributed by atoms with E-state index in [-0.39, 0.29) is 11.5 Å². The van der Waals surface area contributed by atoms with Gasteiger partial charge in [0.05, 0.1) is 3.57 Å². The standard InChI is InChI=1S/C7H2BrF2IO2/c8-3-1-2-4-6(5(3)11)13-7(9,10)12-4/h1-2H. The van der Waals surface area contributed by atoms with Gasteiger partial charge in [-0.1, -0.05) is 0 Å². The molecule has 13 heavy (non-hydrogen) atoms. The lowest BCUT2D eigenvalue weighted by Crippen LogP contribution is -2.26. The molecule has 2 nitrogen and oxygen atoms in total. The monoisotopic (exact) mass is 362 g/mol. The highest BCUT2D eigenvalue weighted by Crippen LogP contribution is 2.45. The highest BCUT2D eigenvalue weighted by atomic mass is 127. The number of rotatable bonds is 0. The minimum Gasteiger partial charge on any atom is -0.395 e. The van der Waals surface area contributed by atoms with Crippen molar-refractivity contribution in [3.8, 4) is 11.5 Å². The van der Waals surface area contributed by atoms with E-state index in [4.69, 9.17) is 0 Å². The van der Waals surface area contributed by atoms with Gasteiger partial charge in [0.1, 0.15) is 0 Å². The van der Waals surface area contributed by atoms with Crippen molar-refractivity contribution in [2.45, 2.75) is 6.29 Å². The molecule has 1 heterocycles. The molecule has 0 spiro atoms. The lowest BCUT2D eigenvalue weighted by atomic mass is 10.3. The Morgan fingerprint density at radius 3 is 2.69 bits per heavy atom. The molecule has 0 aromatic heterocycles. The molecule has 0 aliphatic carbocycles. The summed E-state index contributed by atoms with van der Waals surface area (Å²) < 4.78 is 35.0. The molecule has 0 saturated heterocycles. The summed E-state index contributed by atoms with van der Waals surface area (Å²) in [4.78, 5) is 0. The average Bonchev–Trinajstić information content (AvgIpc) is 2.34. The van der Waals surface area contributed by atoms with Crippen molar-refractivity contribution in [1.29, 1.82) is 0 Å². The number of hydrogen-bond donors (Lipinski definition) is 0. The van der Waals surface area contributed by atoms with Gasteiger partial charge in [-0.15, -0.1) is 8.78 Å². The fourth-order valence-electron chi connectivity index (χ4n) is 0.957. The van der Waals surface area contributed by atoms with Crippen LogP contribution in [0.3, 0.4) is 0 Å². The molecule has 1 aliphatic rings. The van der Waals surface area contributed by atoms with E-state index < -0.39 is 6.29 Å². The third-order valence-electron chi connectivity index (χ3n) is 1.46. The van der Waals surface area contributed by atoms with Crippen LogP contribution in [0.1, 0.15) is 0 Å². The van der Waals surface area contributed by atoms with Gasteiger partial charge in [-0.3, -0.25) is 0 Å². The zero-order valence-corrected chi connectivity index (χ0v) is 9.73. The van der Waals surface area contributed by atoms with Crippen LogP contribution in [0, 0.1) is 3.57 Å². The van der Waals surface area contributed by atoms with Gasteiger partial charge in [-0.25, -0.2) is 0 Å². The summed E-state index contributed by atoms with van der Waals surface area (Å²) in [5.41, 5.74) is 0. The summed E-state index contributed by atoms with van der Waals surface area (Å²) in [6.45, 7) is 0. The Balaban J connectivity index is 2.53. The van der Waals surface area contributed by atoms with E-state index in [1.807, 2.05) is 22.6 Å². The van der Waals surface area contributed by atoms with Gasteiger partial charge in [0.25, 0.3) is 0 Å². The van der Waals surface area contributed by atoms with E-state index in [1.165, 1.54) is 6.07 Å². The van der Waals surface area contributed by atoms with E-state index in [2.05, 4.69) is 25.4 Å². The molecule has 1 aromatic rings. The molecule has 1 aliphatic heterocycles. The van der Waals surface area contributed by atoms with Gasteiger partial charge in [0.15, 0.2) is 11.5 Å². The van der Waals surface area contributed by atoms with Crippen LogP contribution >= 0.6 is 38.5 Å². The number of hydrogen-bond acceptors (Lipinski definition) is 2. The van der Waals surface area contributed by atoms with Crippen LogP contribution in [-0.2, 0) is 0 Å². The molecule has 70 valence electrons. The molecule has 2 rings (SSSR count). The molecule has 0 atom stereocenters. The number of alkyl halides is 2. The third kappa shape index (κ3) is 1.61. The molecule has 0 amide bonds. The van der Waals surface area contributed by atoms with Crippen molar-refractivity contribution in [1.82, 2.24) is 0 Å². The quantitative estimate of drug-likeness (QED) is 0.659. The number of fused-ring (bicyclic) bond motifs is 1. The first kappa shape index (κ1) is 9.45. The Labute approximate surface area is 94.5 Å². The van der Waals surface area contributed by atoms with Gasteiger partial charge in [0, 0.05) is 4.47 Å². The Kier molecular flexibility index (Phi) is 2.14. The van der Waals surface area contributed by atoms with E-state index in [9.17, 15) is 8.78 Å². The Hall–Kier alpha value is -0.110. The molecule has 1 aromatic carbocycles. The van der Waals surface area contributed by atoms with E-state index in [1.54, 1.807) is 6.07 Å². The largest absolute Gasteiger partial charge is 0.586 e. The number of benzene rings is 1. The molecule has 0 fully saturated rings. The SMILES string of the molecule is FC1(F)Oc2ccc(Br)c(I)c2O1. The lowest BCUT2D eigenvalue weighted by molar-refractivity contribution is -0.287. The molecule has 0 bridgehead atoms. The topological polar surface area (TPSA) is 18.5 Å². The normalized spacial score (nSPS) is 17.5. The minimum absolute atomic E-state index is 0.0672. The predicted molar refractivity (Wildman–Crippen MR) is 53.1 cm³/mol. The first-order valence-corrected chi connectivity index (χ1v) is 5.10. The lowest BCUT2D eigenvalue weighted by Gasteiger charge is -2.04. The summed E-state index contributed by atoms with van der Waals surface area (Å²) >= 11 is 5.10. The maximum Gasteiger partial charge on any atom is 0.586 e. The van der Waals surface area contributed by atoms with Gasteiger partial charge in [-0.05, 0) is 50.7 Å². The van der Waals surface area contributed by atoms with Crippen LogP contribution in [0.4, 0.5) is 8.78 Å². The smallest absolute Gasteiger partial charge is 0.395 e. The summed E-state index contributed by atoms with van der Waals surface area (Å²) in [5.74, 6) is 0.151. The molecule has 0 saturated carbocycles. The highest BCUT2D eigenvalue weighted by Gasteiger charge is 2.44. The number of ether oxygens (including phenoxy) is 2. The average molecular weight is 363 g/mol.